The zero-order valence-corrected chi connectivity index (χ0v) is 8.87. The minimum Gasteiger partial charge on any atom is -0.464 e. The van der Waals surface area contributed by atoms with Gasteiger partial charge in [0.15, 0.2) is 5.69 Å². The Morgan fingerprint density at radius 3 is 2.50 bits per heavy atom. The fourth-order valence-electron chi connectivity index (χ4n) is 0.986. The van der Waals surface area contributed by atoms with Gasteiger partial charge in [0.25, 0.3) is 0 Å². The number of aromatic nitrogens is 2. The standard InChI is InChI=1S/C9H15N3O2/c1-9(2,3)12-5-6(10)7(11-12)8(13)14-4/h5H,10H2,1-4H3. The molecule has 14 heavy (non-hydrogen) atoms. The number of nitrogen functional groups attached to an aromatic ring is 1. The van der Waals surface area contributed by atoms with Crippen LogP contribution in [0.2, 0.25) is 0 Å². The molecule has 0 bridgehead atoms. The first-order valence-corrected chi connectivity index (χ1v) is 4.30. The number of anilines is 1. The third-order valence-electron chi connectivity index (χ3n) is 1.81. The van der Waals surface area contributed by atoms with E-state index >= 15 is 0 Å². The van der Waals surface area contributed by atoms with E-state index in [1.807, 2.05) is 20.8 Å². The van der Waals surface area contributed by atoms with E-state index in [4.69, 9.17) is 5.73 Å². The molecule has 5 heteroatoms. The quantitative estimate of drug-likeness (QED) is 0.682. The monoisotopic (exact) mass is 197 g/mol. The molecule has 0 aromatic carbocycles. The van der Waals surface area contributed by atoms with Crippen molar-refractivity contribution in [2.45, 2.75) is 26.3 Å². The fourth-order valence-corrected chi connectivity index (χ4v) is 0.986. The van der Waals surface area contributed by atoms with Gasteiger partial charge < -0.3 is 10.5 Å². The van der Waals surface area contributed by atoms with E-state index in [1.165, 1.54) is 7.11 Å². The maximum atomic E-state index is 11.2. The SMILES string of the molecule is COC(=O)c1nn(C(C)(C)C)cc1N. The van der Waals surface area contributed by atoms with Crippen LogP contribution < -0.4 is 5.73 Å². The van der Waals surface area contributed by atoms with E-state index in [1.54, 1.807) is 10.9 Å². The Hall–Kier alpha value is -1.52. The lowest BCUT2D eigenvalue weighted by molar-refractivity contribution is 0.0593. The first-order valence-electron chi connectivity index (χ1n) is 4.30. The zero-order chi connectivity index (χ0) is 10.9. The van der Waals surface area contributed by atoms with Crippen molar-refractivity contribution in [1.29, 1.82) is 0 Å². The van der Waals surface area contributed by atoms with Crippen LogP contribution in [0.25, 0.3) is 0 Å². The second-order valence-corrected chi connectivity index (χ2v) is 4.04. The Morgan fingerprint density at radius 1 is 1.57 bits per heavy atom. The van der Waals surface area contributed by atoms with Gasteiger partial charge in [0.1, 0.15) is 0 Å². The Kier molecular flexibility index (Phi) is 2.51. The topological polar surface area (TPSA) is 70.1 Å². The fraction of sp³-hybridized carbons (Fsp3) is 0.556. The molecule has 0 aliphatic carbocycles. The van der Waals surface area contributed by atoms with Crippen molar-refractivity contribution in [3.8, 4) is 0 Å². The average molecular weight is 197 g/mol. The van der Waals surface area contributed by atoms with Crippen LogP contribution in [0.15, 0.2) is 6.20 Å². The predicted octanol–water partition coefficient (Wildman–Crippen LogP) is 1.01. The summed E-state index contributed by atoms with van der Waals surface area (Å²) < 4.78 is 6.20. The van der Waals surface area contributed by atoms with Gasteiger partial charge in [-0.15, -0.1) is 0 Å². The summed E-state index contributed by atoms with van der Waals surface area (Å²) in [5.74, 6) is -0.509. The van der Waals surface area contributed by atoms with E-state index < -0.39 is 5.97 Å². The van der Waals surface area contributed by atoms with Crippen LogP contribution in [0.1, 0.15) is 31.3 Å². The highest BCUT2D eigenvalue weighted by atomic mass is 16.5. The van der Waals surface area contributed by atoms with Crippen LogP contribution >= 0.6 is 0 Å². The van der Waals surface area contributed by atoms with Gasteiger partial charge in [-0.05, 0) is 20.8 Å². The number of esters is 1. The summed E-state index contributed by atoms with van der Waals surface area (Å²) in [4.78, 5) is 11.2. The molecule has 2 N–H and O–H groups in total. The number of carbonyl (C=O) groups excluding carboxylic acids is 1. The van der Waals surface area contributed by atoms with Gasteiger partial charge in [-0.3, -0.25) is 4.68 Å². The highest BCUT2D eigenvalue weighted by Crippen LogP contribution is 2.18. The number of carbonyl (C=O) groups is 1. The van der Waals surface area contributed by atoms with Gasteiger partial charge in [0.2, 0.25) is 0 Å². The van der Waals surface area contributed by atoms with Crippen LogP contribution in [0.4, 0.5) is 5.69 Å². The summed E-state index contributed by atoms with van der Waals surface area (Å²) >= 11 is 0. The molecule has 0 saturated carbocycles. The molecule has 1 rings (SSSR count). The third kappa shape index (κ3) is 1.86. The first kappa shape index (κ1) is 10.6. The van der Waals surface area contributed by atoms with Gasteiger partial charge in [-0.25, -0.2) is 4.79 Å². The number of ether oxygens (including phenoxy) is 1. The lowest BCUT2D eigenvalue weighted by atomic mass is 10.1. The second-order valence-electron chi connectivity index (χ2n) is 4.04. The van der Waals surface area contributed by atoms with Crippen molar-refractivity contribution < 1.29 is 9.53 Å². The first-order chi connectivity index (χ1) is 6.36. The molecule has 0 unspecified atom stereocenters. The summed E-state index contributed by atoms with van der Waals surface area (Å²) in [6.07, 6.45) is 1.63. The van der Waals surface area contributed by atoms with Gasteiger partial charge in [0, 0.05) is 6.20 Å². The minimum atomic E-state index is -0.509. The molecule has 0 saturated heterocycles. The number of nitrogens with two attached hydrogens (primary N) is 1. The molecule has 5 nitrogen and oxygen atoms in total. The van der Waals surface area contributed by atoms with Crippen molar-refractivity contribution in [1.82, 2.24) is 9.78 Å². The van der Waals surface area contributed by atoms with Crippen molar-refractivity contribution in [2.24, 2.45) is 0 Å². The lowest BCUT2D eigenvalue weighted by Crippen LogP contribution is -2.22. The highest BCUT2D eigenvalue weighted by Gasteiger charge is 2.20. The summed E-state index contributed by atoms with van der Waals surface area (Å²) in [6, 6.07) is 0. The van der Waals surface area contributed by atoms with E-state index in [9.17, 15) is 4.79 Å². The van der Waals surface area contributed by atoms with Gasteiger partial charge in [-0.1, -0.05) is 0 Å². The maximum absolute atomic E-state index is 11.2. The summed E-state index contributed by atoms with van der Waals surface area (Å²) in [7, 11) is 1.30. The summed E-state index contributed by atoms with van der Waals surface area (Å²) in [5.41, 5.74) is 5.94. The average Bonchev–Trinajstić information content (AvgIpc) is 2.45. The van der Waals surface area contributed by atoms with Crippen molar-refractivity contribution in [3.05, 3.63) is 11.9 Å². The molecule has 1 aromatic rings. The number of methoxy groups -OCH3 is 1. The molecule has 1 aromatic heterocycles. The van der Waals surface area contributed by atoms with Crippen molar-refractivity contribution in [3.63, 3.8) is 0 Å². The Labute approximate surface area is 82.8 Å². The van der Waals surface area contributed by atoms with Crippen LogP contribution in [0, 0.1) is 0 Å². The largest absolute Gasteiger partial charge is 0.464 e. The Morgan fingerprint density at radius 2 is 2.14 bits per heavy atom. The van der Waals surface area contributed by atoms with Crippen molar-refractivity contribution >= 4 is 11.7 Å². The molecule has 0 aliphatic rings. The van der Waals surface area contributed by atoms with Gasteiger partial charge in [0.05, 0.1) is 18.3 Å². The lowest BCUT2D eigenvalue weighted by Gasteiger charge is -2.18. The summed E-state index contributed by atoms with van der Waals surface area (Å²) in [6.45, 7) is 5.92. The maximum Gasteiger partial charge on any atom is 0.360 e. The van der Waals surface area contributed by atoms with Crippen LogP contribution in [0.3, 0.4) is 0 Å². The molecule has 1 heterocycles. The third-order valence-corrected chi connectivity index (χ3v) is 1.81. The second kappa shape index (κ2) is 3.32. The van der Waals surface area contributed by atoms with E-state index in [0.717, 1.165) is 0 Å². The minimum absolute atomic E-state index is 0.169. The summed E-state index contributed by atoms with van der Waals surface area (Å²) in [5, 5.41) is 4.07. The van der Waals surface area contributed by atoms with Crippen LogP contribution in [-0.2, 0) is 10.3 Å². The van der Waals surface area contributed by atoms with Gasteiger partial charge in [-0.2, -0.15) is 5.10 Å². The van der Waals surface area contributed by atoms with E-state index in [2.05, 4.69) is 9.84 Å². The smallest absolute Gasteiger partial charge is 0.360 e. The predicted molar refractivity (Wildman–Crippen MR) is 53.0 cm³/mol. The Bertz CT molecular complexity index is 349. The van der Waals surface area contributed by atoms with Crippen LogP contribution in [-0.4, -0.2) is 22.9 Å². The molecular weight excluding hydrogens is 182 g/mol. The van der Waals surface area contributed by atoms with Crippen LogP contribution in [0.5, 0.6) is 0 Å². The number of hydrogen-bond acceptors (Lipinski definition) is 4. The molecule has 0 amide bonds. The molecule has 0 aliphatic heterocycles. The van der Waals surface area contributed by atoms with Crippen molar-refractivity contribution in [2.75, 3.05) is 12.8 Å². The zero-order valence-electron chi connectivity index (χ0n) is 8.87. The normalized spacial score (nSPS) is 11.4. The molecule has 0 atom stereocenters. The number of rotatable bonds is 1. The molecule has 0 fully saturated rings. The van der Waals surface area contributed by atoms with E-state index in [0.29, 0.717) is 5.69 Å². The molecule has 78 valence electrons. The highest BCUT2D eigenvalue weighted by molar-refractivity contribution is 5.92. The molecular formula is C9H15N3O2. The van der Waals surface area contributed by atoms with Gasteiger partial charge >= 0.3 is 5.97 Å². The molecule has 0 radical (unpaired) electrons. The number of hydrogen-bond donors (Lipinski definition) is 1. The number of nitrogens with zero attached hydrogens (tertiary/aromatic N) is 2. The van der Waals surface area contributed by atoms with E-state index in [-0.39, 0.29) is 11.2 Å². The Balaban J connectivity index is 3.12. The molecule has 0 spiro atoms.